The Morgan fingerprint density at radius 3 is 3.11 bits per heavy atom. The number of hydrogen-bond acceptors (Lipinski definition) is 6. The summed E-state index contributed by atoms with van der Waals surface area (Å²) in [5.41, 5.74) is 6.24. The van der Waals surface area contributed by atoms with E-state index in [4.69, 9.17) is 10.5 Å². The van der Waals surface area contributed by atoms with Gasteiger partial charge in [0, 0.05) is 11.8 Å². The molecule has 0 radical (unpaired) electrons. The predicted molar refractivity (Wildman–Crippen MR) is 78.9 cm³/mol. The highest BCUT2D eigenvalue weighted by molar-refractivity contribution is 8.01. The van der Waals surface area contributed by atoms with Crippen molar-refractivity contribution in [3.63, 3.8) is 0 Å². The van der Waals surface area contributed by atoms with Crippen molar-refractivity contribution in [1.82, 2.24) is 4.98 Å². The van der Waals surface area contributed by atoms with Gasteiger partial charge in [0.05, 0.1) is 23.3 Å². The zero-order valence-corrected chi connectivity index (χ0v) is 11.9. The van der Waals surface area contributed by atoms with Gasteiger partial charge in [-0.15, -0.1) is 11.8 Å². The van der Waals surface area contributed by atoms with Crippen molar-refractivity contribution in [2.75, 3.05) is 23.9 Å². The molecule has 3 N–H and O–H groups in total. The molecule has 1 amide bonds. The fourth-order valence-electron chi connectivity index (χ4n) is 1.37. The Kier molecular flexibility index (Phi) is 4.64. The molecule has 100 valence electrons. The highest BCUT2D eigenvalue weighted by atomic mass is 32.2. The average Bonchev–Trinajstić information content (AvgIpc) is 2.82. The number of nitrogen functional groups attached to an aromatic ring is 1. The maximum Gasteiger partial charge on any atom is 0.234 e. The second-order valence-electron chi connectivity index (χ2n) is 3.59. The molecule has 0 aliphatic rings. The molecule has 1 aromatic carbocycles. The van der Waals surface area contributed by atoms with Crippen LogP contribution in [0.3, 0.4) is 0 Å². The van der Waals surface area contributed by atoms with Crippen molar-refractivity contribution in [3.8, 4) is 5.75 Å². The molecule has 2 rings (SSSR count). The van der Waals surface area contributed by atoms with Crippen LogP contribution >= 0.6 is 23.1 Å². The van der Waals surface area contributed by atoms with Crippen LogP contribution in [0.1, 0.15) is 0 Å². The number of thiazole rings is 1. The van der Waals surface area contributed by atoms with Crippen molar-refractivity contribution >= 4 is 39.8 Å². The van der Waals surface area contributed by atoms with Crippen molar-refractivity contribution < 1.29 is 9.53 Å². The largest absolute Gasteiger partial charge is 0.497 e. The van der Waals surface area contributed by atoms with Gasteiger partial charge in [0.25, 0.3) is 0 Å². The molecule has 0 unspecified atom stereocenters. The van der Waals surface area contributed by atoms with Gasteiger partial charge in [-0.05, 0) is 12.1 Å². The maximum atomic E-state index is 11.8. The van der Waals surface area contributed by atoms with Gasteiger partial charge in [-0.25, -0.2) is 4.98 Å². The highest BCUT2D eigenvalue weighted by Gasteiger charge is 2.06. The minimum atomic E-state index is -0.0785. The van der Waals surface area contributed by atoms with E-state index in [1.165, 1.54) is 23.1 Å². The van der Waals surface area contributed by atoms with Crippen molar-refractivity contribution in [1.29, 1.82) is 0 Å². The number of hydrogen-bond donors (Lipinski definition) is 2. The van der Waals surface area contributed by atoms with Crippen LogP contribution in [-0.2, 0) is 4.79 Å². The van der Waals surface area contributed by atoms with E-state index in [2.05, 4.69) is 10.3 Å². The zero-order valence-electron chi connectivity index (χ0n) is 10.3. The monoisotopic (exact) mass is 295 g/mol. The molecule has 5 nitrogen and oxygen atoms in total. The molecule has 1 heterocycles. The molecule has 2 aromatic rings. The summed E-state index contributed by atoms with van der Waals surface area (Å²) in [6.45, 7) is 0. The predicted octanol–water partition coefficient (Wildman–Crippen LogP) is 2.46. The molecular weight excluding hydrogens is 282 g/mol. The molecule has 0 spiro atoms. The van der Waals surface area contributed by atoms with Gasteiger partial charge < -0.3 is 15.8 Å². The lowest BCUT2D eigenvalue weighted by molar-refractivity contribution is -0.113. The lowest BCUT2D eigenvalue weighted by Gasteiger charge is -2.06. The van der Waals surface area contributed by atoms with Crippen LogP contribution in [0.4, 0.5) is 10.8 Å². The minimum absolute atomic E-state index is 0.0785. The molecule has 0 bridgehead atoms. The number of aromatic nitrogens is 1. The number of amides is 1. The number of methoxy groups -OCH3 is 1. The number of carbonyl (C=O) groups is 1. The maximum absolute atomic E-state index is 11.8. The van der Waals surface area contributed by atoms with E-state index in [9.17, 15) is 4.79 Å². The first-order valence-electron chi connectivity index (χ1n) is 5.45. The summed E-state index contributed by atoms with van der Waals surface area (Å²) >= 11 is 2.78. The molecule has 0 fully saturated rings. The van der Waals surface area contributed by atoms with Gasteiger partial charge in [-0.3, -0.25) is 4.79 Å². The quantitative estimate of drug-likeness (QED) is 0.829. The number of benzene rings is 1. The van der Waals surface area contributed by atoms with Crippen LogP contribution in [0.15, 0.2) is 34.7 Å². The molecule has 7 heteroatoms. The first kappa shape index (κ1) is 13.7. The first-order chi connectivity index (χ1) is 9.17. The van der Waals surface area contributed by atoms with Gasteiger partial charge in [-0.1, -0.05) is 17.4 Å². The molecule has 19 heavy (non-hydrogen) atoms. The van der Waals surface area contributed by atoms with Crippen LogP contribution in [0.25, 0.3) is 0 Å². The van der Waals surface area contributed by atoms with Crippen molar-refractivity contribution in [3.05, 3.63) is 30.5 Å². The topological polar surface area (TPSA) is 77.2 Å². The molecule has 1 aromatic heterocycles. The second kappa shape index (κ2) is 6.44. The number of anilines is 2. The number of carbonyl (C=O) groups excluding carboxylic acids is 1. The summed E-state index contributed by atoms with van der Waals surface area (Å²) in [5.74, 6) is 0.949. The molecule has 0 aliphatic carbocycles. The van der Waals surface area contributed by atoms with E-state index in [0.29, 0.717) is 22.3 Å². The highest BCUT2D eigenvalue weighted by Crippen LogP contribution is 2.26. The summed E-state index contributed by atoms with van der Waals surface area (Å²) in [6.07, 6.45) is 1.67. The second-order valence-corrected chi connectivity index (χ2v) is 5.92. The third kappa shape index (κ3) is 4.15. The Hall–Kier alpha value is -1.73. The van der Waals surface area contributed by atoms with Crippen LogP contribution in [-0.4, -0.2) is 23.8 Å². The third-order valence-electron chi connectivity index (χ3n) is 2.20. The van der Waals surface area contributed by atoms with Crippen molar-refractivity contribution in [2.24, 2.45) is 0 Å². The Morgan fingerprint density at radius 1 is 1.58 bits per heavy atom. The van der Waals surface area contributed by atoms with E-state index >= 15 is 0 Å². The number of nitrogens with two attached hydrogens (primary N) is 1. The number of thioether (sulfide) groups is 1. The average molecular weight is 295 g/mol. The molecule has 0 saturated carbocycles. The molecule has 0 atom stereocenters. The molecular formula is C12H13N3O2S2. The Morgan fingerprint density at radius 2 is 2.42 bits per heavy atom. The van der Waals surface area contributed by atoms with Gasteiger partial charge in [0.2, 0.25) is 5.91 Å². The number of nitrogens with zero attached hydrogens (tertiary/aromatic N) is 1. The summed E-state index contributed by atoms with van der Waals surface area (Å²) in [4.78, 5) is 15.7. The Bertz CT molecular complexity index is 572. The van der Waals surface area contributed by atoms with E-state index in [-0.39, 0.29) is 5.91 Å². The summed E-state index contributed by atoms with van der Waals surface area (Å²) in [7, 11) is 1.59. The summed E-state index contributed by atoms with van der Waals surface area (Å²) < 4.78 is 6.02. The van der Waals surface area contributed by atoms with Gasteiger partial charge in [0.15, 0.2) is 5.13 Å². The van der Waals surface area contributed by atoms with Gasteiger partial charge >= 0.3 is 0 Å². The van der Waals surface area contributed by atoms with Crippen molar-refractivity contribution in [2.45, 2.75) is 4.21 Å². The fourth-order valence-corrected chi connectivity index (χ4v) is 2.93. The Labute approximate surface area is 119 Å². The first-order valence-corrected chi connectivity index (χ1v) is 7.25. The van der Waals surface area contributed by atoms with Crippen LogP contribution in [0.2, 0.25) is 0 Å². The van der Waals surface area contributed by atoms with E-state index < -0.39 is 0 Å². The van der Waals surface area contributed by atoms with Crippen LogP contribution in [0.5, 0.6) is 5.75 Å². The minimum Gasteiger partial charge on any atom is -0.497 e. The molecule has 0 saturated heterocycles. The lowest BCUT2D eigenvalue weighted by atomic mass is 10.3. The Balaban J connectivity index is 1.86. The van der Waals surface area contributed by atoms with Gasteiger partial charge in [-0.2, -0.15) is 0 Å². The lowest BCUT2D eigenvalue weighted by Crippen LogP contribution is -2.13. The number of ether oxygens (including phenoxy) is 1. The molecule has 0 aliphatic heterocycles. The smallest absolute Gasteiger partial charge is 0.234 e. The normalized spacial score (nSPS) is 10.2. The SMILES string of the molecule is COc1cccc(NC(=O)CSc2cnc(N)s2)c1. The van der Waals surface area contributed by atoms with Crippen LogP contribution in [0, 0.1) is 0 Å². The third-order valence-corrected chi connectivity index (χ3v) is 4.22. The summed E-state index contributed by atoms with van der Waals surface area (Å²) in [5, 5.41) is 3.32. The zero-order chi connectivity index (χ0) is 13.7. The van der Waals surface area contributed by atoms with Crippen LogP contribution < -0.4 is 15.8 Å². The standard InChI is InChI=1S/C12H13N3O2S2/c1-17-9-4-2-3-8(5-9)15-10(16)7-18-11-6-14-12(13)19-11/h2-6H,7H2,1H3,(H2,13,14)(H,15,16). The van der Waals surface area contributed by atoms with E-state index in [1.807, 2.05) is 18.2 Å². The van der Waals surface area contributed by atoms with E-state index in [0.717, 1.165) is 4.21 Å². The van der Waals surface area contributed by atoms with E-state index in [1.54, 1.807) is 19.4 Å². The fraction of sp³-hybridized carbons (Fsp3) is 0.167. The summed E-state index contributed by atoms with van der Waals surface area (Å²) in [6, 6.07) is 7.24. The number of rotatable bonds is 5. The van der Waals surface area contributed by atoms with Gasteiger partial charge in [0.1, 0.15) is 5.75 Å². The number of nitrogens with one attached hydrogen (secondary N) is 1.